The first kappa shape index (κ1) is 19.7. The predicted octanol–water partition coefficient (Wildman–Crippen LogP) is 1.73. The van der Waals surface area contributed by atoms with Gasteiger partial charge >= 0.3 is 5.69 Å². The van der Waals surface area contributed by atoms with Gasteiger partial charge in [0.15, 0.2) is 23.0 Å². The van der Waals surface area contributed by atoms with Crippen molar-refractivity contribution >= 4 is 10.9 Å². The van der Waals surface area contributed by atoms with Gasteiger partial charge in [0.05, 0.1) is 30.7 Å². The maximum Gasteiger partial charge on any atom is 0.328 e. The maximum absolute atomic E-state index is 12.9. The number of ether oxygens (including phenoxy) is 4. The van der Waals surface area contributed by atoms with Crippen molar-refractivity contribution < 1.29 is 23.5 Å². The maximum atomic E-state index is 12.9. The number of H-pyrrole nitrogens is 1. The molecular formula is C21H18N4O7. The fraction of sp³-hybridized carbons (Fsp3) is 0.238. The van der Waals surface area contributed by atoms with Crippen molar-refractivity contribution in [2.24, 2.45) is 0 Å². The minimum atomic E-state index is -0.546. The van der Waals surface area contributed by atoms with Crippen LogP contribution in [-0.2, 0) is 13.0 Å². The van der Waals surface area contributed by atoms with E-state index in [2.05, 4.69) is 15.1 Å². The largest absolute Gasteiger partial charge is 0.493 e. The van der Waals surface area contributed by atoms with E-state index in [1.807, 2.05) is 0 Å². The predicted molar refractivity (Wildman–Crippen MR) is 111 cm³/mol. The fourth-order valence-electron chi connectivity index (χ4n) is 3.58. The lowest BCUT2D eigenvalue weighted by Gasteiger charge is -2.09. The molecule has 0 unspecified atom stereocenters. The van der Waals surface area contributed by atoms with Gasteiger partial charge in [0.2, 0.25) is 18.5 Å². The summed E-state index contributed by atoms with van der Waals surface area (Å²) in [5, 5.41) is 4.31. The Morgan fingerprint density at radius 1 is 1.12 bits per heavy atom. The number of aryl methyl sites for hydroxylation is 1. The van der Waals surface area contributed by atoms with Gasteiger partial charge in [-0.1, -0.05) is 11.2 Å². The second kappa shape index (κ2) is 7.76. The van der Waals surface area contributed by atoms with Gasteiger partial charge in [0.25, 0.3) is 5.56 Å². The number of rotatable bonds is 6. The third-order valence-electron chi connectivity index (χ3n) is 5.14. The van der Waals surface area contributed by atoms with Crippen molar-refractivity contribution in [2.45, 2.75) is 13.0 Å². The molecular weight excluding hydrogens is 420 g/mol. The van der Waals surface area contributed by atoms with Gasteiger partial charge in [0, 0.05) is 19.0 Å². The quantitative estimate of drug-likeness (QED) is 0.478. The number of hydrogen-bond donors (Lipinski definition) is 1. The molecule has 0 saturated carbocycles. The van der Waals surface area contributed by atoms with Crippen molar-refractivity contribution in [1.29, 1.82) is 0 Å². The molecule has 0 spiro atoms. The third-order valence-corrected chi connectivity index (χ3v) is 5.14. The molecule has 164 valence electrons. The molecule has 2 aromatic carbocycles. The first-order valence-corrected chi connectivity index (χ1v) is 9.69. The number of methoxy groups -OCH3 is 2. The zero-order chi connectivity index (χ0) is 22.2. The highest BCUT2D eigenvalue weighted by atomic mass is 16.7. The Hall–Kier alpha value is -4.28. The summed E-state index contributed by atoms with van der Waals surface area (Å²) < 4.78 is 27.7. The molecule has 11 heteroatoms. The summed E-state index contributed by atoms with van der Waals surface area (Å²) in [5.41, 5.74) is -0.0174. The van der Waals surface area contributed by atoms with E-state index in [1.54, 1.807) is 30.3 Å². The highest BCUT2D eigenvalue weighted by molar-refractivity contribution is 5.81. The van der Waals surface area contributed by atoms with Crippen molar-refractivity contribution in [3.05, 3.63) is 57.1 Å². The summed E-state index contributed by atoms with van der Waals surface area (Å²) in [6.07, 6.45) is 0.179. The van der Waals surface area contributed by atoms with Crippen molar-refractivity contribution in [2.75, 3.05) is 21.0 Å². The van der Waals surface area contributed by atoms with Crippen LogP contribution in [0.15, 0.2) is 44.4 Å². The zero-order valence-electron chi connectivity index (χ0n) is 17.2. The van der Waals surface area contributed by atoms with Crippen LogP contribution in [0.4, 0.5) is 0 Å². The molecule has 2 aromatic heterocycles. The Kier molecular flexibility index (Phi) is 4.77. The lowest BCUT2D eigenvalue weighted by molar-refractivity contribution is 0.174. The van der Waals surface area contributed by atoms with Crippen LogP contribution in [0.25, 0.3) is 22.3 Å². The summed E-state index contributed by atoms with van der Waals surface area (Å²) >= 11 is 0. The Morgan fingerprint density at radius 2 is 1.94 bits per heavy atom. The van der Waals surface area contributed by atoms with Crippen molar-refractivity contribution in [3.8, 4) is 34.4 Å². The first-order valence-electron chi connectivity index (χ1n) is 9.69. The first-order chi connectivity index (χ1) is 15.6. The zero-order valence-corrected chi connectivity index (χ0v) is 17.2. The highest BCUT2D eigenvalue weighted by Gasteiger charge is 2.19. The fourth-order valence-corrected chi connectivity index (χ4v) is 3.58. The second-order valence-electron chi connectivity index (χ2n) is 6.94. The molecule has 1 aliphatic heterocycles. The average Bonchev–Trinajstić information content (AvgIpc) is 3.46. The van der Waals surface area contributed by atoms with Crippen LogP contribution < -0.4 is 30.2 Å². The molecule has 0 amide bonds. The lowest BCUT2D eigenvalue weighted by atomic mass is 10.1. The van der Waals surface area contributed by atoms with Crippen LogP contribution in [-0.4, -0.2) is 40.7 Å². The van der Waals surface area contributed by atoms with E-state index in [0.717, 1.165) is 4.57 Å². The molecule has 3 heterocycles. The molecule has 1 aliphatic rings. The Bertz CT molecular complexity index is 1440. The van der Waals surface area contributed by atoms with E-state index < -0.39 is 11.2 Å². The summed E-state index contributed by atoms with van der Waals surface area (Å²) in [6.45, 7) is 0.122. The number of nitrogens with zero attached hydrogens (tertiary/aromatic N) is 3. The number of benzene rings is 2. The lowest BCUT2D eigenvalue weighted by Crippen LogP contribution is -2.35. The molecule has 4 aromatic rings. The van der Waals surface area contributed by atoms with Crippen LogP contribution >= 0.6 is 0 Å². The number of fused-ring (bicyclic) bond motifs is 2. The van der Waals surface area contributed by atoms with Crippen molar-refractivity contribution in [1.82, 2.24) is 19.7 Å². The summed E-state index contributed by atoms with van der Waals surface area (Å²) in [6, 6.07) is 8.46. The van der Waals surface area contributed by atoms with Crippen LogP contribution in [0.1, 0.15) is 5.89 Å². The van der Waals surface area contributed by atoms with Crippen LogP contribution in [0.3, 0.4) is 0 Å². The van der Waals surface area contributed by atoms with Gasteiger partial charge in [-0.3, -0.25) is 9.36 Å². The number of aromatic nitrogens is 4. The van der Waals surface area contributed by atoms with E-state index in [1.165, 1.54) is 14.2 Å². The number of aromatic amines is 1. The van der Waals surface area contributed by atoms with Crippen molar-refractivity contribution in [3.63, 3.8) is 0 Å². The normalized spacial score (nSPS) is 12.3. The molecule has 0 bridgehead atoms. The van der Waals surface area contributed by atoms with Crippen LogP contribution in [0.5, 0.6) is 23.0 Å². The molecule has 11 nitrogen and oxygen atoms in total. The monoisotopic (exact) mass is 438 g/mol. The van der Waals surface area contributed by atoms with Gasteiger partial charge in [0.1, 0.15) is 0 Å². The average molecular weight is 438 g/mol. The summed E-state index contributed by atoms with van der Waals surface area (Å²) in [4.78, 5) is 32.5. The van der Waals surface area contributed by atoms with E-state index in [-0.39, 0.29) is 25.6 Å². The molecule has 32 heavy (non-hydrogen) atoms. The molecule has 0 fully saturated rings. The van der Waals surface area contributed by atoms with E-state index in [4.69, 9.17) is 23.5 Å². The molecule has 5 rings (SSSR count). The summed E-state index contributed by atoms with van der Waals surface area (Å²) in [5.74, 6) is 2.53. The molecule has 0 atom stereocenters. The number of hydrogen-bond acceptors (Lipinski definition) is 9. The minimum Gasteiger partial charge on any atom is -0.493 e. The number of para-hydroxylation sites is 1. The van der Waals surface area contributed by atoms with Crippen LogP contribution in [0.2, 0.25) is 0 Å². The standard InChI is InChI=1S/C21H18N4O7/c1-28-14-5-3-4-11(18(14)29-2)19-23-17(32-24-19)6-7-25-20(26)12-8-15-16(31-10-30-15)9-13(12)22-21(25)27/h3-5,8-9H,6-7,10H2,1-2H3,(H,22,27). The second-order valence-corrected chi connectivity index (χ2v) is 6.94. The highest BCUT2D eigenvalue weighted by Crippen LogP contribution is 2.36. The molecule has 0 aliphatic carbocycles. The SMILES string of the molecule is COc1cccc(-c2noc(CCn3c(=O)[nH]c4cc5c(cc4c3=O)OCO5)n2)c1OC. The smallest absolute Gasteiger partial charge is 0.328 e. The third kappa shape index (κ3) is 3.23. The van der Waals surface area contributed by atoms with E-state index >= 15 is 0 Å². The summed E-state index contributed by atoms with van der Waals surface area (Å²) in [7, 11) is 3.06. The molecule has 0 radical (unpaired) electrons. The molecule has 0 saturated heterocycles. The Balaban J connectivity index is 1.43. The minimum absolute atomic E-state index is 0.0510. The van der Waals surface area contributed by atoms with Gasteiger partial charge in [-0.2, -0.15) is 4.98 Å². The molecule has 1 N–H and O–H groups in total. The van der Waals surface area contributed by atoms with Gasteiger partial charge < -0.3 is 28.5 Å². The van der Waals surface area contributed by atoms with Gasteiger partial charge in [-0.25, -0.2) is 4.79 Å². The van der Waals surface area contributed by atoms with Gasteiger partial charge in [-0.05, 0) is 18.2 Å². The topological polar surface area (TPSA) is 131 Å². The number of nitrogens with one attached hydrogen (secondary N) is 1. The Morgan fingerprint density at radius 3 is 2.72 bits per heavy atom. The van der Waals surface area contributed by atoms with E-state index in [0.29, 0.717) is 45.3 Å². The van der Waals surface area contributed by atoms with E-state index in [9.17, 15) is 9.59 Å². The van der Waals surface area contributed by atoms with Gasteiger partial charge in [-0.15, -0.1) is 0 Å². The van der Waals surface area contributed by atoms with Crippen LogP contribution in [0, 0.1) is 0 Å². The Labute approximate surface area is 180 Å².